The van der Waals surface area contributed by atoms with Crippen LogP contribution < -0.4 is 5.32 Å². The summed E-state index contributed by atoms with van der Waals surface area (Å²) in [6.07, 6.45) is 4.76. The maximum atomic E-state index is 13.5. The van der Waals surface area contributed by atoms with Gasteiger partial charge >= 0.3 is 0 Å². The van der Waals surface area contributed by atoms with E-state index in [1.807, 2.05) is 13.8 Å². The highest BCUT2D eigenvalue weighted by Gasteiger charge is 2.33. The summed E-state index contributed by atoms with van der Waals surface area (Å²) in [5, 5.41) is 12.5. The molecule has 2 atom stereocenters. The summed E-state index contributed by atoms with van der Waals surface area (Å²) in [5.74, 6) is -1.20. The molecule has 2 aromatic carbocycles. The number of rotatable bonds is 3. The number of carbonyl (C=O) groups excluding carboxylic acids is 1. The van der Waals surface area contributed by atoms with E-state index < -0.39 is 11.6 Å². The Balaban J connectivity index is 0.000000180. The molecule has 1 amide bonds. The Kier molecular flexibility index (Phi) is 7.96. The van der Waals surface area contributed by atoms with Crippen molar-refractivity contribution in [1.82, 2.24) is 10.3 Å². The van der Waals surface area contributed by atoms with Gasteiger partial charge in [-0.2, -0.15) is 0 Å². The number of aromatic nitrogens is 1. The maximum Gasteiger partial charge on any atom is 0.223 e. The van der Waals surface area contributed by atoms with Gasteiger partial charge in [-0.3, -0.25) is 4.79 Å². The van der Waals surface area contributed by atoms with Crippen molar-refractivity contribution in [2.45, 2.75) is 58.1 Å². The number of fused-ring (bicyclic) bond motifs is 1. The summed E-state index contributed by atoms with van der Waals surface area (Å²) >= 11 is 0. The molecule has 2 unspecified atom stereocenters. The van der Waals surface area contributed by atoms with E-state index in [9.17, 15) is 23.1 Å². The molecule has 0 saturated heterocycles. The fraction of sp³-hybridized carbons (Fsp3) is 0.400. The molecular weight excluding hydrogens is 417 g/mol. The van der Waals surface area contributed by atoms with E-state index in [0.717, 1.165) is 31.7 Å². The molecule has 2 aliphatic carbocycles. The summed E-state index contributed by atoms with van der Waals surface area (Å²) in [6.45, 7) is 4.00. The lowest BCUT2D eigenvalue weighted by molar-refractivity contribution is -0.130. The van der Waals surface area contributed by atoms with Crippen LogP contribution >= 0.6 is 0 Å². The minimum absolute atomic E-state index is 0.0538. The van der Waals surface area contributed by atoms with Crippen LogP contribution in [0.4, 0.5) is 13.2 Å². The molecule has 1 aromatic heterocycles. The molecule has 3 N–H and O–H groups in total. The molecular formula is C25H29F3N2O2. The number of benzene rings is 2. The lowest BCUT2D eigenvalue weighted by Crippen LogP contribution is -2.52. The van der Waals surface area contributed by atoms with Crippen LogP contribution in [0.25, 0.3) is 22.2 Å². The predicted octanol–water partition coefficient (Wildman–Crippen LogP) is 5.70. The van der Waals surface area contributed by atoms with Gasteiger partial charge in [-0.25, -0.2) is 13.2 Å². The average Bonchev–Trinajstić information content (AvgIpc) is 3.16. The molecule has 32 heavy (non-hydrogen) atoms. The van der Waals surface area contributed by atoms with E-state index in [-0.39, 0.29) is 35.3 Å². The molecule has 1 heterocycles. The summed E-state index contributed by atoms with van der Waals surface area (Å²) in [4.78, 5) is 14.2. The predicted molar refractivity (Wildman–Crippen MR) is 119 cm³/mol. The molecule has 4 nitrogen and oxygen atoms in total. The van der Waals surface area contributed by atoms with Crippen LogP contribution in [0.2, 0.25) is 0 Å². The quantitative estimate of drug-likeness (QED) is 0.483. The van der Waals surface area contributed by atoms with Crippen molar-refractivity contribution in [3.63, 3.8) is 0 Å². The van der Waals surface area contributed by atoms with E-state index in [1.54, 1.807) is 18.2 Å². The van der Waals surface area contributed by atoms with Gasteiger partial charge in [0, 0.05) is 23.1 Å². The summed E-state index contributed by atoms with van der Waals surface area (Å²) in [5.41, 5.74) is 1.58. The summed E-state index contributed by atoms with van der Waals surface area (Å²) < 4.78 is 39.4. The zero-order valence-corrected chi connectivity index (χ0v) is 18.3. The van der Waals surface area contributed by atoms with Crippen LogP contribution in [-0.2, 0) is 4.79 Å². The lowest BCUT2D eigenvalue weighted by atomic mass is 9.83. The van der Waals surface area contributed by atoms with Crippen molar-refractivity contribution in [2.24, 2.45) is 5.92 Å². The normalized spacial score (nSPS) is 19.6. The van der Waals surface area contributed by atoms with Crippen molar-refractivity contribution in [2.75, 3.05) is 0 Å². The number of aliphatic hydroxyl groups excluding tert-OH is 1. The number of aliphatic hydroxyl groups is 1. The maximum absolute atomic E-state index is 13.5. The van der Waals surface area contributed by atoms with Gasteiger partial charge in [0.2, 0.25) is 5.91 Å². The highest BCUT2D eigenvalue weighted by Crippen LogP contribution is 2.28. The largest absolute Gasteiger partial charge is 0.391 e. The van der Waals surface area contributed by atoms with Gasteiger partial charge < -0.3 is 15.4 Å². The molecule has 5 rings (SSSR count). The molecule has 3 aromatic rings. The van der Waals surface area contributed by atoms with Gasteiger partial charge in [0.1, 0.15) is 17.5 Å². The Hall–Kier alpha value is -2.80. The third-order valence-electron chi connectivity index (χ3n) is 5.84. The first-order valence-electron chi connectivity index (χ1n) is 11.1. The molecule has 2 aliphatic rings. The number of amides is 1. The van der Waals surface area contributed by atoms with Gasteiger partial charge in [0.15, 0.2) is 0 Å². The Morgan fingerprint density at radius 1 is 0.969 bits per heavy atom. The summed E-state index contributed by atoms with van der Waals surface area (Å²) in [7, 11) is 0. The van der Waals surface area contributed by atoms with E-state index in [4.69, 9.17) is 0 Å². The van der Waals surface area contributed by atoms with Crippen LogP contribution in [0, 0.1) is 23.4 Å². The van der Waals surface area contributed by atoms with Crippen LogP contribution in [0.5, 0.6) is 0 Å². The molecule has 2 saturated carbocycles. The molecule has 0 bridgehead atoms. The first kappa shape index (κ1) is 23.9. The van der Waals surface area contributed by atoms with Crippen molar-refractivity contribution in [3.8, 4) is 11.3 Å². The van der Waals surface area contributed by atoms with Gasteiger partial charge in [0.05, 0.1) is 17.7 Å². The number of aromatic amines is 1. The standard InChI is InChI=1S/C14H8F3N.C9H15NO2.C2H6/c15-10-3-1-8(2-4-10)13-6-9-5-11(16)7-12(17)14(9)18-13;11-8-5-4-7(8)10-9(12)6-2-1-3-6;1-2/h1-7,18H;6-8,11H,1-5H2,(H,10,12);1-2H3. The zero-order valence-electron chi connectivity index (χ0n) is 18.3. The van der Waals surface area contributed by atoms with Gasteiger partial charge in [-0.15, -0.1) is 0 Å². The third kappa shape index (κ3) is 5.51. The molecule has 172 valence electrons. The lowest BCUT2D eigenvalue weighted by Gasteiger charge is -2.35. The average molecular weight is 447 g/mol. The van der Waals surface area contributed by atoms with Gasteiger partial charge in [-0.1, -0.05) is 20.3 Å². The number of nitrogens with one attached hydrogen (secondary N) is 2. The SMILES string of the molecule is CC.Fc1ccc(-c2cc3cc(F)cc(F)c3[nH]2)cc1.O=C(NC1CCC1O)C1CCC1. The Morgan fingerprint density at radius 2 is 1.66 bits per heavy atom. The number of H-pyrrole nitrogens is 1. The fourth-order valence-corrected chi connectivity index (χ4v) is 3.57. The fourth-order valence-electron chi connectivity index (χ4n) is 3.57. The first-order chi connectivity index (χ1) is 15.4. The Bertz CT molecular complexity index is 1050. The summed E-state index contributed by atoms with van der Waals surface area (Å²) in [6, 6.07) is 9.56. The van der Waals surface area contributed by atoms with Crippen LogP contribution in [0.1, 0.15) is 46.0 Å². The van der Waals surface area contributed by atoms with Crippen molar-refractivity contribution in [1.29, 1.82) is 0 Å². The van der Waals surface area contributed by atoms with E-state index in [1.165, 1.54) is 24.6 Å². The molecule has 0 spiro atoms. The Morgan fingerprint density at radius 3 is 2.19 bits per heavy atom. The van der Waals surface area contributed by atoms with Gasteiger partial charge in [0.25, 0.3) is 0 Å². The first-order valence-corrected chi connectivity index (χ1v) is 11.1. The number of carbonyl (C=O) groups is 1. The molecule has 7 heteroatoms. The zero-order chi connectivity index (χ0) is 23.3. The smallest absolute Gasteiger partial charge is 0.223 e. The van der Waals surface area contributed by atoms with Crippen LogP contribution in [0.3, 0.4) is 0 Å². The molecule has 0 radical (unpaired) electrons. The second-order valence-corrected chi connectivity index (χ2v) is 7.93. The van der Waals surface area contributed by atoms with E-state index in [2.05, 4.69) is 10.3 Å². The number of hydrogen-bond donors (Lipinski definition) is 3. The second-order valence-electron chi connectivity index (χ2n) is 7.93. The Labute approximate surface area is 185 Å². The van der Waals surface area contributed by atoms with E-state index in [0.29, 0.717) is 16.6 Å². The highest BCUT2D eigenvalue weighted by atomic mass is 19.1. The van der Waals surface area contributed by atoms with Gasteiger partial charge in [-0.05, 0) is 67.6 Å². The number of hydrogen-bond acceptors (Lipinski definition) is 2. The van der Waals surface area contributed by atoms with Crippen LogP contribution in [0.15, 0.2) is 42.5 Å². The third-order valence-corrected chi connectivity index (χ3v) is 5.84. The van der Waals surface area contributed by atoms with Crippen molar-refractivity contribution < 1.29 is 23.1 Å². The minimum Gasteiger partial charge on any atom is -0.391 e. The highest BCUT2D eigenvalue weighted by molar-refractivity contribution is 5.86. The minimum atomic E-state index is -0.640. The van der Waals surface area contributed by atoms with Crippen molar-refractivity contribution in [3.05, 3.63) is 59.9 Å². The van der Waals surface area contributed by atoms with E-state index >= 15 is 0 Å². The van der Waals surface area contributed by atoms with Crippen molar-refractivity contribution >= 4 is 16.8 Å². The monoisotopic (exact) mass is 446 g/mol. The second kappa shape index (κ2) is 10.7. The number of halogens is 3. The topological polar surface area (TPSA) is 65.1 Å². The molecule has 2 fully saturated rings. The van der Waals surface area contributed by atoms with Crippen LogP contribution in [-0.4, -0.2) is 28.1 Å². The molecule has 0 aliphatic heterocycles.